The molecule has 4 aliphatic rings. The number of terminal acetylenes is 1. The Hall–Kier alpha value is -4.11. The molecule has 0 bridgehead atoms. The lowest BCUT2D eigenvalue weighted by Gasteiger charge is -2.49. The second kappa shape index (κ2) is 15.9. The van der Waals surface area contributed by atoms with Gasteiger partial charge in [-0.05, 0) is 81.5 Å². The summed E-state index contributed by atoms with van der Waals surface area (Å²) in [5.74, 6) is 1.48. The molecule has 0 spiro atoms. The van der Waals surface area contributed by atoms with E-state index in [0.717, 1.165) is 77.5 Å². The molecular formula is C41H49F2N5O4. The van der Waals surface area contributed by atoms with Gasteiger partial charge in [-0.15, -0.1) is 6.42 Å². The fourth-order valence-corrected chi connectivity index (χ4v) is 9.03. The summed E-state index contributed by atoms with van der Waals surface area (Å²) in [5.41, 5.74) is 0.0634. The van der Waals surface area contributed by atoms with Crippen LogP contribution in [0.25, 0.3) is 32.9 Å². The minimum Gasteiger partial charge on any atom is -0.508 e. The van der Waals surface area contributed by atoms with Crippen molar-refractivity contribution in [2.45, 2.75) is 83.7 Å². The third-order valence-electron chi connectivity index (χ3n) is 11.3. The number of likely N-dealkylation sites (tertiary alicyclic amines) is 1. The summed E-state index contributed by atoms with van der Waals surface area (Å²) < 4.78 is 50.0. The second-order valence-electron chi connectivity index (χ2n) is 14.2. The van der Waals surface area contributed by atoms with E-state index in [1.54, 1.807) is 6.20 Å². The van der Waals surface area contributed by atoms with Gasteiger partial charge in [0, 0.05) is 67.6 Å². The zero-order chi connectivity index (χ0) is 36.2. The van der Waals surface area contributed by atoms with Gasteiger partial charge < -0.3 is 24.2 Å². The fourth-order valence-electron chi connectivity index (χ4n) is 9.03. The van der Waals surface area contributed by atoms with Crippen molar-refractivity contribution in [3.8, 4) is 35.4 Å². The third kappa shape index (κ3) is 6.89. The monoisotopic (exact) mass is 713 g/mol. The lowest BCUT2D eigenvalue weighted by Crippen LogP contribution is -2.55. The Labute approximate surface area is 304 Å². The first-order chi connectivity index (χ1) is 25.5. The Morgan fingerprint density at radius 3 is 2.65 bits per heavy atom. The number of piperidine rings is 1. The minimum atomic E-state index is -0.725. The van der Waals surface area contributed by atoms with E-state index < -0.39 is 11.6 Å². The van der Waals surface area contributed by atoms with Crippen LogP contribution in [-0.4, -0.2) is 89.7 Å². The molecule has 8 rings (SSSR count). The van der Waals surface area contributed by atoms with E-state index in [0.29, 0.717) is 67.0 Å². The second-order valence-corrected chi connectivity index (χ2v) is 14.2. The Morgan fingerprint density at radius 2 is 1.79 bits per heavy atom. The number of nitrogens with zero attached hydrogens (tertiary/aromatic N) is 5. The summed E-state index contributed by atoms with van der Waals surface area (Å²) in [4.78, 5) is 19.0. The van der Waals surface area contributed by atoms with E-state index in [2.05, 4.69) is 20.7 Å². The Kier molecular flexibility index (Phi) is 11.1. The number of ether oxygens (including phenoxy) is 3. The summed E-state index contributed by atoms with van der Waals surface area (Å²) in [7, 11) is 0. The third-order valence-corrected chi connectivity index (χ3v) is 11.3. The summed E-state index contributed by atoms with van der Waals surface area (Å²) in [5, 5.41) is 11.8. The zero-order valence-electron chi connectivity index (χ0n) is 30.3. The average Bonchev–Trinajstić information content (AvgIpc) is 3.32. The van der Waals surface area contributed by atoms with Crippen molar-refractivity contribution in [2.24, 2.45) is 5.41 Å². The van der Waals surface area contributed by atoms with Gasteiger partial charge in [0.05, 0.1) is 24.2 Å². The largest absolute Gasteiger partial charge is 0.508 e. The van der Waals surface area contributed by atoms with Crippen LogP contribution in [0.1, 0.15) is 77.2 Å². The van der Waals surface area contributed by atoms with Crippen LogP contribution in [0.2, 0.25) is 0 Å². The highest BCUT2D eigenvalue weighted by Gasteiger charge is 2.50. The molecule has 1 N–H and O–H groups in total. The number of benzene rings is 2. The van der Waals surface area contributed by atoms with E-state index in [1.165, 1.54) is 24.3 Å². The lowest BCUT2D eigenvalue weighted by atomic mass is 9.74. The van der Waals surface area contributed by atoms with Crippen LogP contribution in [0.15, 0.2) is 30.5 Å². The molecule has 1 aliphatic carbocycles. The summed E-state index contributed by atoms with van der Waals surface area (Å²) >= 11 is 0. The van der Waals surface area contributed by atoms with Gasteiger partial charge in [-0.1, -0.05) is 32.3 Å². The molecule has 3 aliphatic heterocycles. The van der Waals surface area contributed by atoms with Crippen molar-refractivity contribution in [3.05, 3.63) is 47.7 Å². The molecule has 0 radical (unpaired) electrons. The van der Waals surface area contributed by atoms with Crippen LogP contribution < -0.4 is 9.64 Å². The first kappa shape index (κ1) is 36.3. The van der Waals surface area contributed by atoms with Crippen molar-refractivity contribution in [3.63, 3.8) is 0 Å². The number of fused-ring (bicyclic) bond motifs is 3. The number of rotatable bonds is 6. The molecule has 276 valence electrons. The van der Waals surface area contributed by atoms with Crippen LogP contribution >= 0.6 is 0 Å². The van der Waals surface area contributed by atoms with Crippen LogP contribution in [-0.2, 0) is 9.47 Å². The summed E-state index contributed by atoms with van der Waals surface area (Å²) in [6.07, 6.45) is 16.9. The molecule has 9 nitrogen and oxygen atoms in total. The summed E-state index contributed by atoms with van der Waals surface area (Å²) in [6.45, 7) is 9.58. The number of halogens is 2. The maximum Gasteiger partial charge on any atom is 0.319 e. The number of hydrogen-bond donors (Lipinski definition) is 1. The van der Waals surface area contributed by atoms with E-state index in [4.69, 9.17) is 30.6 Å². The number of phenolic OH excluding ortho intramolecular Hbond substituents is 1. The molecule has 4 aromatic rings. The number of hydrogen-bond acceptors (Lipinski definition) is 9. The number of aromatic hydroxyl groups is 1. The Morgan fingerprint density at radius 1 is 0.962 bits per heavy atom. The van der Waals surface area contributed by atoms with Crippen molar-refractivity contribution >= 4 is 27.5 Å². The first-order valence-corrected chi connectivity index (χ1v) is 19.0. The highest BCUT2D eigenvalue weighted by molar-refractivity contribution is 6.03. The SMILES string of the molecule is C#Cc1c(F)ccc2cc(O)cc(-c3ncc4c(N5CCCOCC5)nc(OCC56CCCC5N(C5CCCOCC5)CCC6)nc4c3F)c12.CC. The topological polar surface area (TPSA) is 93.1 Å². The van der Waals surface area contributed by atoms with Gasteiger partial charge in [0.15, 0.2) is 5.82 Å². The fraction of sp³-hybridized carbons (Fsp3) is 0.537. The van der Waals surface area contributed by atoms with E-state index >= 15 is 4.39 Å². The minimum absolute atomic E-state index is 0.0287. The quantitative estimate of drug-likeness (QED) is 0.202. The summed E-state index contributed by atoms with van der Waals surface area (Å²) in [6, 6.07) is 6.63. The number of anilines is 1. The van der Waals surface area contributed by atoms with Crippen LogP contribution in [0.3, 0.4) is 0 Å². The molecule has 4 fully saturated rings. The molecule has 0 amide bonds. The number of aromatic nitrogens is 3. The Balaban J connectivity index is 0.00000207. The molecular weight excluding hydrogens is 664 g/mol. The van der Waals surface area contributed by atoms with Gasteiger partial charge in [0.1, 0.15) is 28.6 Å². The molecule has 3 unspecified atom stereocenters. The smallest absolute Gasteiger partial charge is 0.319 e. The normalized spacial score (nSPS) is 24.0. The number of phenols is 1. The van der Waals surface area contributed by atoms with Crippen LogP contribution in [0, 0.1) is 29.4 Å². The van der Waals surface area contributed by atoms with Crippen molar-refractivity contribution in [2.75, 3.05) is 57.6 Å². The maximum atomic E-state index is 17.0. The van der Waals surface area contributed by atoms with Crippen molar-refractivity contribution in [1.29, 1.82) is 0 Å². The van der Waals surface area contributed by atoms with E-state index in [9.17, 15) is 9.50 Å². The number of pyridine rings is 1. The molecule has 1 saturated carbocycles. The van der Waals surface area contributed by atoms with Crippen molar-refractivity contribution < 1.29 is 28.1 Å². The highest BCUT2D eigenvalue weighted by Crippen LogP contribution is 2.49. The van der Waals surface area contributed by atoms with Crippen molar-refractivity contribution in [1.82, 2.24) is 19.9 Å². The Bertz CT molecular complexity index is 1940. The van der Waals surface area contributed by atoms with Gasteiger partial charge in [-0.2, -0.15) is 9.97 Å². The zero-order valence-corrected chi connectivity index (χ0v) is 30.3. The molecule has 3 saturated heterocycles. The molecule has 2 aromatic heterocycles. The standard InChI is InChI=1S/C39H43F2N5O4.C2H6/c1-2-28-31(40)10-9-25-21-27(47)22-29(33(25)28)35-34(41)36-30(23-42-35)37(45-14-6-18-49-20-16-45)44-38(43-36)50-24-39-12-3-8-32(39)46(15-5-13-39)26-7-4-17-48-19-11-26;1-2/h1,9-10,21-23,26,32,47H,3-8,11-20,24H2;1-2H3. The average molecular weight is 714 g/mol. The molecule has 11 heteroatoms. The van der Waals surface area contributed by atoms with Gasteiger partial charge >= 0.3 is 6.01 Å². The van der Waals surface area contributed by atoms with Crippen LogP contribution in [0.4, 0.5) is 14.6 Å². The predicted octanol–water partition coefficient (Wildman–Crippen LogP) is 7.65. The van der Waals surface area contributed by atoms with Crippen LogP contribution in [0.5, 0.6) is 11.8 Å². The van der Waals surface area contributed by atoms with Gasteiger partial charge in [0.2, 0.25) is 0 Å². The predicted molar refractivity (Wildman–Crippen MR) is 199 cm³/mol. The molecule has 52 heavy (non-hydrogen) atoms. The molecule has 2 aromatic carbocycles. The molecule has 5 heterocycles. The first-order valence-electron chi connectivity index (χ1n) is 19.0. The van der Waals surface area contributed by atoms with Gasteiger partial charge in [-0.3, -0.25) is 9.88 Å². The lowest BCUT2D eigenvalue weighted by molar-refractivity contribution is -0.0266. The van der Waals surface area contributed by atoms with Gasteiger partial charge in [-0.25, -0.2) is 8.78 Å². The van der Waals surface area contributed by atoms with Gasteiger partial charge in [0.25, 0.3) is 0 Å². The van der Waals surface area contributed by atoms with E-state index in [-0.39, 0.29) is 39.5 Å². The van der Waals surface area contributed by atoms with E-state index in [1.807, 2.05) is 13.8 Å². The molecule has 3 atom stereocenters. The maximum absolute atomic E-state index is 17.0. The highest BCUT2D eigenvalue weighted by atomic mass is 19.1.